The van der Waals surface area contributed by atoms with Gasteiger partial charge in [-0.3, -0.25) is 19.4 Å². The Morgan fingerprint density at radius 1 is 1.18 bits per heavy atom. The molecule has 1 fully saturated rings. The van der Waals surface area contributed by atoms with Crippen LogP contribution in [0.15, 0.2) is 34.2 Å². The van der Waals surface area contributed by atoms with Crippen LogP contribution in [0, 0.1) is 6.92 Å². The molecule has 1 aliphatic heterocycles. The lowest BCUT2D eigenvalue weighted by molar-refractivity contribution is -0.138. The van der Waals surface area contributed by atoms with Gasteiger partial charge in [-0.05, 0) is 44.7 Å². The van der Waals surface area contributed by atoms with E-state index in [0.717, 1.165) is 5.56 Å². The number of sulfonamides is 1. The molecule has 1 aliphatic rings. The third-order valence-electron chi connectivity index (χ3n) is 5.23. The van der Waals surface area contributed by atoms with Crippen LogP contribution in [0.5, 0.6) is 0 Å². The molecule has 1 aromatic rings. The first-order valence-corrected chi connectivity index (χ1v) is 12.0. The number of carbonyl (C=O) groups is 3. The van der Waals surface area contributed by atoms with Gasteiger partial charge in [-0.2, -0.15) is 0 Å². The van der Waals surface area contributed by atoms with Crippen molar-refractivity contribution in [1.82, 2.24) is 14.9 Å². The normalized spacial score (nSPS) is 16.8. The monoisotopic (exact) mass is 481 g/mol. The Labute approximate surface area is 193 Å². The summed E-state index contributed by atoms with van der Waals surface area (Å²) in [4.78, 5) is 42.3. The topological polar surface area (TPSA) is 203 Å². The Morgan fingerprint density at radius 3 is 2.45 bits per heavy atom. The fourth-order valence-corrected chi connectivity index (χ4v) is 4.43. The molecular formula is C20H31N7O5S. The number of nitrogens with two attached hydrogens (primary N) is 3. The van der Waals surface area contributed by atoms with Gasteiger partial charge >= 0.3 is 0 Å². The third kappa shape index (κ3) is 7.71. The van der Waals surface area contributed by atoms with Crippen molar-refractivity contribution in [2.24, 2.45) is 22.2 Å². The second-order valence-electron chi connectivity index (χ2n) is 7.80. The van der Waals surface area contributed by atoms with Crippen LogP contribution in [-0.4, -0.2) is 68.7 Å². The highest BCUT2D eigenvalue weighted by atomic mass is 32.2. The summed E-state index contributed by atoms with van der Waals surface area (Å²) in [6.07, 6.45) is 1.61. The van der Waals surface area contributed by atoms with Crippen LogP contribution in [0.3, 0.4) is 0 Å². The molecule has 13 heteroatoms. The van der Waals surface area contributed by atoms with Gasteiger partial charge in [-0.1, -0.05) is 17.7 Å². The van der Waals surface area contributed by atoms with E-state index in [1.54, 1.807) is 12.1 Å². The maximum atomic E-state index is 12.8. The third-order valence-corrected chi connectivity index (χ3v) is 6.64. The molecule has 1 heterocycles. The number of aryl methyl sites for hydroxylation is 1. The molecule has 0 aliphatic carbocycles. The standard InChI is InChI=1S/C20H31N7O5S/c1-13-6-8-14(9-7-13)33(31,32)25-12-17(28)27-11-3-5-16(27)19(30)26-15(18(21)29)4-2-10-24-20(22)23/h6-9,15-16,25H,2-5,10-12H2,1H3,(H2,21,29)(H,26,30)(H4,22,23,24)/t15-,16-/m0/s1. The second kappa shape index (κ2) is 11.6. The van der Waals surface area contributed by atoms with Crippen molar-refractivity contribution in [1.29, 1.82) is 0 Å². The number of carbonyl (C=O) groups excluding carboxylic acids is 3. The minimum Gasteiger partial charge on any atom is -0.370 e. The Morgan fingerprint density at radius 2 is 1.85 bits per heavy atom. The summed E-state index contributed by atoms with van der Waals surface area (Å²) in [5.41, 5.74) is 16.8. The molecule has 0 radical (unpaired) electrons. The predicted molar refractivity (Wildman–Crippen MR) is 122 cm³/mol. The number of guanidine groups is 1. The Balaban J connectivity index is 1.95. The molecule has 0 saturated carbocycles. The predicted octanol–water partition coefficient (Wildman–Crippen LogP) is -1.71. The van der Waals surface area contributed by atoms with Gasteiger partial charge in [0.2, 0.25) is 27.7 Å². The first-order valence-electron chi connectivity index (χ1n) is 10.5. The molecule has 2 rings (SSSR count). The Hall–Kier alpha value is -3.19. The zero-order valence-electron chi connectivity index (χ0n) is 18.5. The highest BCUT2D eigenvalue weighted by molar-refractivity contribution is 7.89. The number of nitrogens with one attached hydrogen (secondary N) is 2. The lowest BCUT2D eigenvalue weighted by Gasteiger charge is -2.26. The number of nitrogens with zero attached hydrogens (tertiary/aromatic N) is 2. The maximum absolute atomic E-state index is 12.8. The summed E-state index contributed by atoms with van der Waals surface area (Å²) in [6.45, 7) is 1.92. The zero-order chi connectivity index (χ0) is 24.6. The van der Waals surface area contributed by atoms with Gasteiger partial charge in [0.1, 0.15) is 12.1 Å². The second-order valence-corrected chi connectivity index (χ2v) is 9.56. The lowest BCUT2D eigenvalue weighted by atomic mass is 10.1. The smallest absolute Gasteiger partial charge is 0.243 e. The van der Waals surface area contributed by atoms with E-state index in [2.05, 4.69) is 15.0 Å². The largest absolute Gasteiger partial charge is 0.370 e. The van der Waals surface area contributed by atoms with E-state index < -0.39 is 46.4 Å². The van der Waals surface area contributed by atoms with Crippen molar-refractivity contribution in [2.75, 3.05) is 19.6 Å². The van der Waals surface area contributed by atoms with E-state index in [1.165, 1.54) is 17.0 Å². The van der Waals surface area contributed by atoms with Gasteiger partial charge in [0.25, 0.3) is 0 Å². The van der Waals surface area contributed by atoms with Gasteiger partial charge in [0.05, 0.1) is 11.4 Å². The number of amides is 3. The summed E-state index contributed by atoms with van der Waals surface area (Å²) < 4.78 is 27.1. The van der Waals surface area contributed by atoms with Crippen LogP contribution in [0.25, 0.3) is 0 Å². The fraction of sp³-hybridized carbons (Fsp3) is 0.500. The number of likely N-dealkylation sites (tertiary alicyclic amines) is 1. The molecule has 0 spiro atoms. The highest BCUT2D eigenvalue weighted by Crippen LogP contribution is 2.18. The molecule has 0 bridgehead atoms. The van der Waals surface area contributed by atoms with Crippen molar-refractivity contribution in [3.8, 4) is 0 Å². The van der Waals surface area contributed by atoms with Crippen molar-refractivity contribution in [3.05, 3.63) is 29.8 Å². The van der Waals surface area contributed by atoms with Gasteiger partial charge in [-0.25, -0.2) is 13.1 Å². The molecule has 0 aromatic heterocycles. The Kier molecular flexibility index (Phi) is 9.17. The van der Waals surface area contributed by atoms with Gasteiger partial charge in [0.15, 0.2) is 5.96 Å². The SMILES string of the molecule is Cc1ccc(S(=O)(=O)NCC(=O)N2CCC[C@H]2C(=O)N[C@@H](CCCN=C(N)N)C(N)=O)cc1. The summed E-state index contributed by atoms with van der Waals surface area (Å²) in [5, 5.41) is 2.58. The zero-order valence-corrected chi connectivity index (χ0v) is 19.3. The van der Waals surface area contributed by atoms with Crippen LogP contribution in [-0.2, 0) is 24.4 Å². The van der Waals surface area contributed by atoms with E-state index in [9.17, 15) is 22.8 Å². The van der Waals surface area contributed by atoms with Crippen LogP contribution in [0.1, 0.15) is 31.2 Å². The number of hydrogen-bond donors (Lipinski definition) is 5. The van der Waals surface area contributed by atoms with E-state index in [1.807, 2.05) is 6.92 Å². The lowest BCUT2D eigenvalue weighted by Crippen LogP contribution is -2.53. The summed E-state index contributed by atoms with van der Waals surface area (Å²) in [7, 11) is -3.88. The number of rotatable bonds is 11. The quantitative estimate of drug-likeness (QED) is 0.140. The fourth-order valence-electron chi connectivity index (χ4n) is 3.45. The average Bonchev–Trinajstić information content (AvgIpc) is 3.24. The molecule has 2 atom stereocenters. The minimum absolute atomic E-state index is 0.0432. The maximum Gasteiger partial charge on any atom is 0.243 e. The molecule has 182 valence electrons. The van der Waals surface area contributed by atoms with Gasteiger partial charge < -0.3 is 27.4 Å². The first-order chi connectivity index (χ1) is 15.5. The molecule has 1 saturated heterocycles. The number of aliphatic imine (C=N–C) groups is 1. The van der Waals surface area contributed by atoms with E-state index >= 15 is 0 Å². The molecule has 0 unspecified atom stereocenters. The molecule has 33 heavy (non-hydrogen) atoms. The molecule has 1 aromatic carbocycles. The van der Waals surface area contributed by atoms with Crippen molar-refractivity contribution < 1.29 is 22.8 Å². The van der Waals surface area contributed by atoms with Crippen LogP contribution in [0.4, 0.5) is 0 Å². The minimum atomic E-state index is -3.88. The molecule has 3 amide bonds. The van der Waals surface area contributed by atoms with E-state index in [4.69, 9.17) is 17.2 Å². The summed E-state index contributed by atoms with van der Waals surface area (Å²) >= 11 is 0. The van der Waals surface area contributed by atoms with Crippen LogP contribution in [0.2, 0.25) is 0 Å². The van der Waals surface area contributed by atoms with Crippen molar-refractivity contribution >= 4 is 33.7 Å². The molecular weight excluding hydrogens is 450 g/mol. The first kappa shape index (κ1) is 26.1. The highest BCUT2D eigenvalue weighted by Gasteiger charge is 2.35. The van der Waals surface area contributed by atoms with Crippen molar-refractivity contribution in [2.45, 2.75) is 49.6 Å². The summed E-state index contributed by atoms with van der Waals surface area (Å²) in [5.74, 6) is -1.85. The molecule has 12 nitrogen and oxygen atoms in total. The number of benzene rings is 1. The summed E-state index contributed by atoms with van der Waals surface area (Å²) in [6, 6.07) is 4.45. The van der Waals surface area contributed by atoms with Crippen LogP contribution >= 0.6 is 0 Å². The van der Waals surface area contributed by atoms with Crippen molar-refractivity contribution in [3.63, 3.8) is 0 Å². The van der Waals surface area contributed by atoms with Gasteiger partial charge in [0, 0.05) is 13.1 Å². The average molecular weight is 482 g/mol. The number of hydrogen-bond acceptors (Lipinski definition) is 6. The van der Waals surface area contributed by atoms with Crippen LogP contribution < -0.4 is 27.2 Å². The van der Waals surface area contributed by atoms with E-state index in [-0.39, 0.29) is 23.8 Å². The molecule has 8 N–H and O–H groups in total. The Bertz CT molecular complexity index is 991. The number of primary amides is 1. The van der Waals surface area contributed by atoms with E-state index in [0.29, 0.717) is 25.8 Å². The van der Waals surface area contributed by atoms with Gasteiger partial charge in [-0.15, -0.1) is 0 Å².